The van der Waals surface area contributed by atoms with E-state index in [1.165, 1.54) is 0 Å². The van der Waals surface area contributed by atoms with Gasteiger partial charge in [-0.2, -0.15) is 0 Å². The number of benzene rings is 2. The summed E-state index contributed by atoms with van der Waals surface area (Å²) in [4.78, 5) is 25.3. The minimum absolute atomic E-state index is 0.131. The van der Waals surface area contributed by atoms with Crippen LogP contribution in [0.3, 0.4) is 0 Å². The maximum absolute atomic E-state index is 12.3. The number of anilines is 1. The topological polar surface area (TPSA) is 84.7 Å². The van der Waals surface area contributed by atoms with E-state index >= 15 is 0 Å². The summed E-state index contributed by atoms with van der Waals surface area (Å²) in [5, 5.41) is 2.82. The third-order valence-corrected chi connectivity index (χ3v) is 3.93. The fourth-order valence-electron chi connectivity index (χ4n) is 2.18. The lowest BCUT2D eigenvalue weighted by molar-refractivity contribution is -0.120. The average Bonchev–Trinajstić information content (AvgIpc) is 2.62. The zero-order chi connectivity index (χ0) is 18.2. The zero-order valence-electron chi connectivity index (χ0n) is 14.4. The molecule has 0 heterocycles. The minimum Gasteiger partial charge on any atom is -0.492 e. The lowest BCUT2D eigenvalue weighted by Gasteiger charge is -2.23. The molecule has 0 fully saturated rings. The number of nitrogens with one attached hydrogen (secondary N) is 1. The molecule has 0 radical (unpaired) electrons. The van der Waals surface area contributed by atoms with E-state index in [4.69, 9.17) is 10.5 Å². The highest BCUT2D eigenvalue weighted by Crippen LogP contribution is 2.11. The number of ether oxygens (including phenoxy) is 1. The van der Waals surface area contributed by atoms with Gasteiger partial charge in [0, 0.05) is 17.8 Å². The van der Waals surface area contributed by atoms with Crippen molar-refractivity contribution >= 4 is 17.5 Å². The summed E-state index contributed by atoms with van der Waals surface area (Å²) >= 11 is 0. The Balaban J connectivity index is 1.80. The predicted molar refractivity (Wildman–Crippen MR) is 97.6 cm³/mol. The molecule has 3 N–H and O–H groups in total. The second-order valence-corrected chi connectivity index (χ2v) is 5.75. The molecule has 2 aromatic rings. The quantitative estimate of drug-likeness (QED) is 0.770. The molecule has 1 atom stereocenters. The largest absolute Gasteiger partial charge is 0.492 e. The number of nitrogens with two attached hydrogens (primary N) is 1. The van der Waals surface area contributed by atoms with Crippen molar-refractivity contribution in [2.24, 2.45) is 5.73 Å². The number of hydrogen-bond donors (Lipinski definition) is 2. The Labute approximate surface area is 147 Å². The molecule has 0 unspecified atom stereocenters. The summed E-state index contributed by atoms with van der Waals surface area (Å²) in [7, 11) is 1.87. The maximum atomic E-state index is 12.3. The summed E-state index contributed by atoms with van der Waals surface area (Å²) in [6.45, 7) is 2.94. The first-order valence-corrected chi connectivity index (χ1v) is 8.06. The smallest absolute Gasteiger partial charge is 0.248 e. The molecule has 2 aromatic carbocycles. The van der Waals surface area contributed by atoms with Crippen LogP contribution in [-0.4, -0.2) is 43.0 Å². The minimum atomic E-state index is -0.496. The van der Waals surface area contributed by atoms with Gasteiger partial charge in [0.15, 0.2) is 0 Å². The number of hydrogen-bond acceptors (Lipinski definition) is 4. The van der Waals surface area contributed by atoms with E-state index in [-0.39, 0.29) is 11.9 Å². The average molecular weight is 341 g/mol. The van der Waals surface area contributed by atoms with Gasteiger partial charge in [0.05, 0.1) is 6.04 Å². The highest BCUT2D eigenvalue weighted by molar-refractivity contribution is 5.96. The van der Waals surface area contributed by atoms with Gasteiger partial charge < -0.3 is 15.8 Å². The molecule has 0 bridgehead atoms. The lowest BCUT2D eigenvalue weighted by atomic mass is 10.2. The van der Waals surface area contributed by atoms with Gasteiger partial charge in [-0.1, -0.05) is 18.2 Å². The van der Waals surface area contributed by atoms with Crippen molar-refractivity contribution in [3.8, 4) is 5.75 Å². The van der Waals surface area contributed by atoms with Gasteiger partial charge in [-0.05, 0) is 50.4 Å². The monoisotopic (exact) mass is 341 g/mol. The second-order valence-electron chi connectivity index (χ2n) is 5.75. The molecule has 0 spiro atoms. The van der Waals surface area contributed by atoms with Crippen molar-refractivity contribution < 1.29 is 14.3 Å². The van der Waals surface area contributed by atoms with E-state index in [1.54, 1.807) is 24.3 Å². The molecular weight excluding hydrogens is 318 g/mol. The molecule has 0 saturated carbocycles. The van der Waals surface area contributed by atoms with E-state index in [0.717, 1.165) is 5.75 Å². The molecule has 132 valence electrons. The number of primary amides is 1. The number of para-hydroxylation sites is 1. The van der Waals surface area contributed by atoms with Gasteiger partial charge in [-0.3, -0.25) is 14.5 Å². The van der Waals surface area contributed by atoms with Gasteiger partial charge >= 0.3 is 0 Å². The predicted octanol–water partition coefficient (Wildman–Crippen LogP) is 2.12. The van der Waals surface area contributed by atoms with Crippen LogP contribution in [0.15, 0.2) is 54.6 Å². The Morgan fingerprint density at radius 2 is 1.76 bits per heavy atom. The van der Waals surface area contributed by atoms with E-state index in [0.29, 0.717) is 24.4 Å². The van der Waals surface area contributed by atoms with Gasteiger partial charge in [0.2, 0.25) is 11.8 Å². The molecule has 2 rings (SSSR count). The Hall–Kier alpha value is -2.86. The summed E-state index contributed by atoms with van der Waals surface area (Å²) in [6, 6.07) is 15.7. The number of carbonyl (C=O) groups excluding carboxylic acids is 2. The highest BCUT2D eigenvalue weighted by atomic mass is 16.5. The van der Waals surface area contributed by atoms with Crippen molar-refractivity contribution in [2.75, 3.05) is 25.5 Å². The molecule has 2 amide bonds. The van der Waals surface area contributed by atoms with Gasteiger partial charge in [0.1, 0.15) is 12.4 Å². The van der Waals surface area contributed by atoms with Crippen molar-refractivity contribution in [1.82, 2.24) is 4.90 Å². The van der Waals surface area contributed by atoms with Crippen molar-refractivity contribution in [3.63, 3.8) is 0 Å². The SMILES string of the molecule is C[C@H](C(=O)Nc1ccc(C(N)=O)cc1)N(C)CCOc1ccccc1. The van der Waals surface area contributed by atoms with Crippen LogP contribution in [0, 0.1) is 0 Å². The molecule has 0 aromatic heterocycles. The number of rotatable bonds is 8. The van der Waals surface area contributed by atoms with E-state index in [2.05, 4.69) is 5.32 Å². The summed E-state index contributed by atoms with van der Waals surface area (Å²) in [5.41, 5.74) is 6.22. The molecule has 0 aliphatic rings. The Morgan fingerprint density at radius 1 is 1.12 bits per heavy atom. The van der Waals surface area contributed by atoms with Crippen LogP contribution >= 0.6 is 0 Å². The van der Waals surface area contributed by atoms with Crippen LogP contribution < -0.4 is 15.8 Å². The summed E-state index contributed by atoms with van der Waals surface area (Å²) in [6.07, 6.45) is 0. The van der Waals surface area contributed by atoms with Crippen molar-refractivity contribution in [1.29, 1.82) is 0 Å². The fourth-order valence-corrected chi connectivity index (χ4v) is 2.18. The van der Waals surface area contributed by atoms with E-state index in [1.807, 2.05) is 49.2 Å². The Bertz CT molecular complexity index is 702. The van der Waals surface area contributed by atoms with E-state index in [9.17, 15) is 9.59 Å². The second kappa shape index (κ2) is 8.84. The van der Waals surface area contributed by atoms with E-state index < -0.39 is 5.91 Å². The Morgan fingerprint density at radius 3 is 2.36 bits per heavy atom. The Kier molecular flexibility index (Phi) is 6.54. The van der Waals surface area contributed by atoms with Crippen LogP contribution in [0.2, 0.25) is 0 Å². The third kappa shape index (κ3) is 5.61. The number of carbonyl (C=O) groups is 2. The zero-order valence-corrected chi connectivity index (χ0v) is 14.4. The fraction of sp³-hybridized carbons (Fsp3) is 0.263. The molecule has 6 heteroatoms. The van der Waals surface area contributed by atoms with Crippen LogP contribution in [0.1, 0.15) is 17.3 Å². The normalized spacial score (nSPS) is 11.8. The molecule has 6 nitrogen and oxygen atoms in total. The van der Waals surface area contributed by atoms with Crippen LogP contribution in [0.4, 0.5) is 5.69 Å². The third-order valence-electron chi connectivity index (χ3n) is 3.93. The van der Waals surface area contributed by atoms with Gasteiger partial charge in [0.25, 0.3) is 0 Å². The summed E-state index contributed by atoms with van der Waals surface area (Å²) < 4.78 is 5.64. The molecular formula is C19H23N3O3. The first-order valence-electron chi connectivity index (χ1n) is 8.06. The molecule has 0 aliphatic heterocycles. The van der Waals surface area contributed by atoms with Gasteiger partial charge in [-0.15, -0.1) is 0 Å². The van der Waals surface area contributed by atoms with Crippen LogP contribution in [0.25, 0.3) is 0 Å². The van der Waals surface area contributed by atoms with Gasteiger partial charge in [-0.25, -0.2) is 0 Å². The van der Waals surface area contributed by atoms with Crippen molar-refractivity contribution in [2.45, 2.75) is 13.0 Å². The molecule has 0 saturated heterocycles. The van der Waals surface area contributed by atoms with Crippen LogP contribution in [-0.2, 0) is 4.79 Å². The number of amides is 2. The first kappa shape index (κ1) is 18.5. The highest BCUT2D eigenvalue weighted by Gasteiger charge is 2.18. The molecule has 0 aliphatic carbocycles. The summed E-state index contributed by atoms with van der Waals surface area (Å²) in [5.74, 6) is 0.181. The maximum Gasteiger partial charge on any atom is 0.248 e. The molecule has 25 heavy (non-hydrogen) atoms. The number of nitrogens with zero attached hydrogens (tertiary/aromatic N) is 1. The van der Waals surface area contributed by atoms with Crippen LogP contribution in [0.5, 0.6) is 5.75 Å². The number of likely N-dealkylation sites (N-methyl/N-ethyl adjacent to an activating group) is 1. The van der Waals surface area contributed by atoms with Crippen molar-refractivity contribution in [3.05, 3.63) is 60.2 Å². The lowest BCUT2D eigenvalue weighted by Crippen LogP contribution is -2.41. The standard InChI is InChI=1S/C19H23N3O3/c1-14(22(2)12-13-25-17-6-4-3-5-7-17)19(24)21-16-10-8-15(9-11-16)18(20)23/h3-11,14H,12-13H2,1-2H3,(H2,20,23)(H,21,24)/t14-/m1/s1. The first-order chi connectivity index (χ1) is 12.0.